The van der Waals surface area contributed by atoms with Gasteiger partial charge in [0.25, 0.3) is 0 Å². The molecular formula is C11H16N2O4. The second kappa shape index (κ2) is 4.46. The van der Waals surface area contributed by atoms with E-state index in [4.69, 9.17) is 10.8 Å². The van der Waals surface area contributed by atoms with Crippen molar-refractivity contribution in [1.82, 2.24) is 4.90 Å². The summed E-state index contributed by atoms with van der Waals surface area (Å²) in [5.41, 5.74) is 5.66. The van der Waals surface area contributed by atoms with Gasteiger partial charge in [-0.15, -0.1) is 0 Å². The zero-order chi connectivity index (χ0) is 12.6. The highest BCUT2D eigenvalue weighted by Gasteiger charge is 2.41. The molecule has 1 fully saturated rings. The lowest BCUT2D eigenvalue weighted by atomic mass is 10.1. The summed E-state index contributed by atoms with van der Waals surface area (Å²) in [5, 5.41) is 18.5. The average molecular weight is 240 g/mol. The molecule has 2 aliphatic rings. The van der Waals surface area contributed by atoms with Gasteiger partial charge in [0.1, 0.15) is 6.04 Å². The van der Waals surface area contributed by atoms with E-state index in [-0.39, 0.29) is 30.8 Å². The molecule has 2 rings (SSSR count). The predicted octanol–water partition coefficient (Wildman–Crippen LogP) is -1.06. The Balaban J connectivity index is 2.08. The highest BCUT2D eigenvalue weighted by molar-refractivity contribution is 5.87. The Bertz CT molecular complexity index is 368. The molecule has 0 saturated carbocycles. The number of aliphatic hydroxyl groups excluding tert-OH is 1. The Morgan fingerprint density at radius 1 is 1.29 bits per heavy atom. The van der Waals surface area contributed by atoms with Crippen LogP contribution in [0.5, 0.6) is 0 Å². The molecule has 3 unspecified atom stereocenters. The molecule has 1 heterocycles. The normalized spacial score (nSPS) is 36.5. The molecular weight excluding hydrogens is 224 g/mol. The maximum Gasteiger partial charge on any atom is 0.326 e. The molecule has 0 spiro atoms. The van der Waals surface area contributed by atoms with Crippen LogP contribution in [-0.4, -0.2) is 51.7 Å². The van der Waals surface area contributed by atoms with E-state index in [9.17, 15) is 14.7 Å². The summed E-state index contributed by atoms with van der Waals surface area (Å²) in [4.78, 5) is 24.3. The Kier molecular flexibility index (Phi) is 3.17. The third-order valence-electron chi connectivity index (χ3n) is 3.28. The Morgan fingerprint density at radius 2 is 2.00 bits per heavy atom. The lowest BCUT2D eigenvalue weighted by Gasteiger charge is -2.24. The summed E-state index contributed by atoms with van der Waals surface area (Å²) in [6, 6.07) is -1.05. The van der Waals surface area contributed by atoms with Crippen LogP contribution in [0, 0.1) is 5.92 Å². The molecule has 94 valence electrons. The van der Waals surface area contributed by atoms with E-state index < -0.39 is 18.1 Å². The van der Waals surface area contributed by atoms with Gasteiger partial charge in [0.15, 0.2) is 0 Å². The molecule has 0 radical (unpaired) electrons. The standard InChI is InChI=1S/C11H16N2O4/c12-7-2-1-6(3-7)10(15)13-5-8(14)4-9(13)11(16)17/h1-2,6-9,14H,3-5,12H2,(H,16,17)/t6?,7?,8?,9-/m0/s1. The number of hydrogen-bond donors (Lipinski definition) is 3. The lowest BCUT2D eigenvalue weighted by molar-refractivity contribution is -0.149. The van der Waals surface area contributed by atoms with Crippen molar-refractivity contribution >= 4 is 11.9 Å². The number of aliphatic carboxylic acids is 1. The van der Waals surface area contributed by atoms with Crippen molar-refractivity contribution in [2.45, 2.75) is 31.0 Å². The van der Waals surface area contributed by atoms with Crippen molar-refractivity contribution in [3.05, 3.63) is 12.2 Å². The highest BCUT2D eigenvalue weighted by Crippen LogP contribution is 2.25. The Morgan fingerprint density at radius 3 is 2.53 bits per heavy atom. The van der Waals surface area contributed by atoms with E-state index in [1.807, 2.05) is 0 Å². The van der Waals surface area contributed by atoms with Crippen LogP contribution < -0.4 is 5.73 Å². The Labute approximate surface area is 98.7 Å². The SMILES string of the molecule is NC1C=CC(C(=O)N2CC(O)C[C@H]2C(=O)O)C1. The first-order chi connectivity index (χ1) is 7.99. The second-order valence-corrected chi connectivity index (χ2v) is 4.63. The maximum atomic E-state index is 12.1. The molecule has 17 heavy (non-hydrogen) atoms. The minimum atomic E-state index is -1.07. The van der Waals surface area contributed by atoms with E-state index >= 15 is 0 Å². The quantitative estimate of drug-likeness (QED) is 0.533. The number of rotatable bonds is 2. The third kappa shape index (κ3) is 2.32. The van der Waals surface area contributed by atoms with E-state index in [1.165, 1.54) is 4.90 Å². The molecule has 1 amide bonds. The molecule has 1 saturated heterocycles. The molecule has 0 aromatic rings. The van der Waals surface area contributed by atoms with Crippen molar-refractivity contribution in [3.63, 3.8) is 0 Å². The molecule has 4 N–H and O–H groups in total. The van der Waals surface area contributed by atoms with Gasteiger partial charge < -0.3 is 20.8 Å². The van der Waals surface area contributed by atoms with Crippen LogP contribution in [0.2, 0.25) is 0 Å². The minimum Gasteiger partial charge on any atom is -0.480 e. The average Bonchev–Trinajstić information content (AvgIpc) is 2.83. The van der Waals surface area contributed by atoms with E-state index in [0.717, 1.165) is 0 Å². The summed E-state index contributed by atoms with van der Waals surface area (Å²) < 4.78 is 0. The first-order valence-corrected chi connectivity index (χ1v) is 5.64. The summed E-state index contributed by atoms with van der Waals surface area (Å²) in [6.07, 6.45) is 3.34. The number of carbonyl (C=O) groups excluding carboxylic acids is 1. The fourth-order valence-electron chi connectivity index (χ4n) is 2.41. The van der Waals surface area contributed by atoms with Gasteiger partial charge in [-0.05, 0) is 6.42 Å². The number of aliphatic hydroxyl groups is 1. The van der Waals surface area contributed by atoms with Gasteiger partial charge in [-0.3, -0.25) is 4.79 Å². The predicted molar refractivity (Wildman–Crippen MR) is 59.0 cm³/mol. The van der Waals surface area contributed by atoms with Crippen molar-refractivity contribution < 1.29 is 19.8 Å². The lowest BCUT2D eigenvalue weighted by Crippen LogP contribution is -2.43. The number of amides is 1. The molecule has 6 heteroatoms. The summed E-state index contributed by atoms with van der Waals surface area (Å²) in [6.45, 7) is 0.0926. The van der Waals surface area contributed by atoms with Crippen molar-refractivity contribution in [1.29, 1.82) is 0 Å². The minimum absolute atomic E-state index is 0.0926. The number of likely N-dealkylation sites (tertiary alicyclic amines) is 1. The smallest absolute Gasteiger partial charge is 0.326 e. The largest absolute Gasteiger partial charge is 0.480 e. The van der Waals surface area contributed by atoms with E-state index in [1.54, 1.807) is 12.2 Å². The third-order valence-corrected chi connectivity index (χ3v) is 3.28. The molecule has 6 nitrogen and oxygen atoms in total. The van der Waals surface area contributed by atoms with Crippen LogP contribution in [0.4, 0.5) is 0 Å². The van der Waals surface area contributed by atoms with Crippen LogP contribution in [0.1, 0.15) is 12.8 Å². The van der Waals surface area contributed by atoms with Gasteiger partial charge in [-0.2, -0.15) is 0 Å². The number of nitrogens with two attached hydrogens (primary N) is 1. The summed E-state index contributed by atoms with van der Waals surface area (Å²) in [7, 11) is 0. The maximum absolute atomic E-state index is 12.1. The monoisotopic (exact) mass is 240 g/mol. The van der Waals surface area contributed by atoms with Gasteiger partial charge >= 0.3 is 5.97 Å². The number of carboxylic acid groups (broad SMARTS) is 1. The Hall–Kier alpha value is -1.40. The van der Waals surface area contributed by atoms with Gasteiger partial charge in [-0.1, -0.05) is 12.2 Å². The van der Waals surface area contributed by atoms with Crippen LogP contribution in [0.15, 0.2) is 12.2 Å². The number of carbonyl (C=O) groups is 2. The van der Waals surface area contributed by atoms with Gasteiger partial charge in [0, 0.05) is 19.0 Å². The van der Waals surface area contributed by atoms with Crippen molar-refractivity contribution in [2.75, 3.05) is 6.54 Å². The van der Waals surface area contributed by atoms with Crippen LogP contribution in [-0.2, 0) is 9.59 Å². The van der Waals surface area contributed by atoms with Crippen LogP contribution >= 0.6 is 0 Å². The van der Waals surface area contributed by atoms with Gasteiger partial charge in [0.2, 0.25) is 5.91 Å². The number of carboxylic acids is 1. The number of β-amino-alcohol motifs (C(OH)–C–C–N with tert-alkyl or cyclic N) is 1. The molecule has 0 bridgehead atoms. The van der Waals surface area contributed by atoms with Crippen molar-refractivity contribution in [2.24, 2.45) is 11.7 Å². The van der Waals surface area contributed by atoms with Crippen molar-refractivity contribution in [3.8, 4) is 0 Å². The summed E-state index contributed by atoms with van der Waals surface area (Å²) in [5.74, 6) is -1.67. The van der Waals surface area contributed by atoms with Crippen LogP contribution in [0.3, 0.4) is 0 Å². The zero-order valence-corrected chi connectivity index (χ0v) is 9.32. The molecule has 0 aromatic heterocycles. The molecule has 1 aliphatic heterocycles. The first kappa shape index (κ1) is 12.1. The topological polar surface area (TPSA) is 104 Å². The molecule has 4 atom stereocenters. The molecule has 1 aliphatic carbocycles. The van der Waals surface area contributed by atoms with E-state index in [0.29, 0.717) is 6.42 Å². The number of hydrogen-bond acceptors (Lipinski definition) is 4. The fraction of sp³-hybridized carbons (Fsp3) is 0.636. The second-order valence-electron chi connectivity index (χ2n) is 4.63. The van der Waals surface area contributed by atoms with Crippen LogP contribution in [0.25, 0.3) is 0 Å². The fourth-order valence-corrected chi connectivity index (χ4v) is 2.41. The summed E-state index contributed by atoms with van der Waals surface area (Å²) >= 11 is 0. The van der Waals surface area contributed by atoms with Gasteiger partial charge in [0.05, 0.1) is 12.0 Å². The zero-order valence-electron chi connectivity index (χ0n) is 9.32. The molecule has 0 aromatic carbocycles. The van der Waals surface area contributed by atoms with E-state index in [2.05, 4.69) is 0 Å². The van der Waals surface area contributed by atoms with Gasteiger partial charge in [-0.25, -0.2) is 4.79 Å². The highest BCUT2D eigenvalue weighted by atomic mass is 16.4. The first-order valence-electron chi connectivity index (χ1n) is 5.64. The number of nitrogens with zero attached hydrogens (tertiary/aromatic N) is 1.